The van der Waals surface area contributed by atoms with Gasteiger partial charge in [-0.2, -0.15) is 0 Å². The fourth-order valence-corrected chi connectivity index (χ4v) is 2.64. The third-order valence-corrected chi connectivity index (χ3v) is 3.93. The molecule has 1 aromatic rings. The van der Waals surface area contributed by atoms with E-state index in [1.807, 2.05) is 13.0 Å². The number of hydrogen-bond acceptors (Lipinski definition) is 2. The van der Waals surface area contributed by atoms with Crippen LogP contribution in [-0.2, 0) is 6.54 Å². The summed E-state index contributed by atoms with van der Waals surface area (Å²) in [6, 6.07) is 5.43. The smallest absolute Gasteiger partial charge is 0.335 e. The van der Waals surface area contributed by atoms with E-state index in [0.717, 1.165) is 18.0 Å². The first kappa shape index (κ1) is 13.1. The fraction of sp³-hybridized carbons (Fsp3) is 0.533. The minimum Gasteiger partial charge on any atom is -0.478 e. The van der Waals surface area contributed by atoms with Gasteiger partial charge in [0.05, 0.1) is 5.56 Å². The zero-order chi connectivity index (χ0) is 13.1. The van der Waals surface area contributed by atoms with Crippen LogP contribution in [0.1, 0.15) is 41.3 Å². The second-order valence-electron chi connectivity index (χ2n) is 5.24. The Hall–Kier alpha value is -1.35. The van der Waals surface area contributed by atoms with Gasteiger partial charge in [-0.05, 0) is 49.1 Å². The van der Waals surface area contributed by atoms with Crippen LogP contribution < -0.4 is 0 Å². The summed E-state index contributed by atoms with van der Waals surface area (Å²) in [5, 5.41) is 8.94. The Labute approximate surface area is 108 Å². The van der Waals surface area contributed by atoms with Gasteiger partial charge in [0.25, 0.3) is 0 Å². The number of nitrogens with zero attached hydrogens (tertiary/aromatic N) is 1. The summed E-state index contributed by atoms with van der Waals surface area (Å²) in [4.78, 5) is 13.3. The van der Waals surface area contributed by atoms with Crippen LogP contribution in [0.4, 0.5) is 0 Å². The molecule has 3 heteroatoms. The molecule has 1 aliphatic heterocycles. The maximum absolute atomic E-state index is 10.9. The highest BCUT2D eigenvalue weighted by Gasteiger charge is 2.21. The van der Waals surface area contributed by atoms with Gasteiger partial charge in [-0.15, -0.1) is 0 Å². The first-order chi connectivity index (χ1) is 8.60. The lowest BCUT2D eigenvalue weighted by Crippen LogP contribution is -2.20. The molecular formula is C15H21NO2. The maximum atomic E-state index is 10.9. The quantitative estimate of drug-likeness (QED) is 0.889. The number of carboxylic acids is 1. The maximum Gasteiger partial charge on any atom is 0.335 e. The van der Waals surface area contributed by atoms with E-state index in [1.54, 1.807) is 12.1 Å². The highest BCUT2D eigenvalue weighted by Crippen LogP contribution is 2.22. The normalized spacial score (nSPS) is 20.2. The minimum absolute atomic E-state index is 0.379. The largest absolute Gasteiger partial charge is 0.478 e. The summed E-state index contributed by atoms with van der Waals surface area (Å²) < 4.78 is 0. The van der Waals surface area contributed by atoms with Crippen molar-refractivity contribution in [1.29, 1.82) is 0 Å². The molecule has 1 heterocycles. The monoisotopic (exact) mass is 247 g/mol. The number of carboxylic acid groups (broad SMARTS) is 1. The Morgan fingerprint density at radius 3 is 2.83 bits per heavy atom. The molecule has 1 N–H and O–H groups in total. The second kappa shape index (κ2) is 5.53. The van der Waals surface area contributed by atoms with Crippen LogP contribution in [0.25, 0.3) is 0 Å². The summed E-state index contributed by atoms with van der Waals surface area (Å²) in [6.45, 7) is 7.54. The fourth-order valence-electron chi connectivity index (χ4n) is 2.64. The molecule has 1 saturated heterocycles. The van der Waals surface area contributed by atoms with Crippen molar-refractivity contribution in [2.24, 2.45) is 5.92 Å². The molecule has 18 heavy (non-hydrogen) atoms. The van der Waals surface area contributed by atoms with Gasteiger partial charge >= 0.3 is 5.97 Å². The van der Waals surface area contributed by atoms with Crippen molar-refractivity contribution in [3.05, 3.63) is 34.9 Å². The van der Waals surface area contributed by atoms with Crippen molar-refractivity contribution in [2.45, 2.75) is 33.2 Å². The van der Waals surface area contributed by atoms with Crippen LogP contribution in [0.3, 0.4) is 0 Å². The predicted octanol–water partition coefficient (Wildman–Crippen LogP) is 2.93. The van der Waals surface area contributed by atoms with Crippen molar-refractivity contribution in [3.63, 3.8) is 0 Å². The zero-order valence-electron chi connectivity index (χ0n) is 11.1. The second-order valence-corrected chi connectivity index (χ2v) is 5.24. The molecule has 98 valence electrons. The summed E-state index contributed by atoms with van der Waals surface area (Å²) >= 11 is 0. The standard InChI is InChI=1S/C15H21NO2/c1-3-12-6-7-16(9-12)10-14-5-4-13(15(17)18)8-11(14)2/h4-5,8,12H,3,6-7,9-10H2,1-2H3,(H,17,18). The molecule has 1 unspecified atom stereocenters. The van der Waals surface area contributed by atoms with Gasteiger partial charge in [-0.25, -0.2) is 4.79 Å². The van der Waals surface area contributed by atoms with Crippen LogP contribution in [0.2, 0.25) is 0 Å². The first-order valence-electron chi connectivity index (χ1n) is 6.65. The van der Waals surface area contributed by atoms with E-state index in [4.69, 9.17) is 5.11 Å². The third-order valence-electron chi connectivity index (χ3n) is 3.93. The Balaban J connectivity index is 2.04. The molecule has 3 nitrogen and oxygen atoms in total. The minimum atomic E-state index is -0.850. The highest BCUT2D eigenvalue weighted by molar-refractivity contribution is 5.87. The Bertz CT molecular complexity index is 442. The molecule has 0 radical (unpaired) electrons. The average molecular weight is 247 g/mol. The Morgan fingerprint density at radius 1 is 1.50 bits per heavy atom. The van der Waals surface area contributed by atoms with Crippen molar-refractivity contribution < 1.29 is 9.90 Å². The molecule has 0 saturated carbocycles. The number of aromatic carboxylic acids is 1. The molecule has 1 aliphatic rings. The highest BCUT2D eigenvalue weighted by atomic mass is 16.4. The molecule has 0 bridgehead atoms. The van der Waals surface area contributed by atoms with E-state index >= 15 is 0 Å². The van der Waals surface area contributed by atoms with E-state index < -0.39 is 5.97 Å². The molecule has 1 aromatic carbocycles. The molecule has 0 amide bonds. The summed E-state index contributed by atoms with van der Waals surface area (Å²) in [5.74, 6) is -0.0135. The summed E-state index contributed by atoms with van der Waals surface area (Å²) in [7, 11) is 0. The number of benzene rings is 1. The van der Waals surface area contributed by atoms with Gasteiger partial charge in [0.1, 0.15) is 0 Å². The van der Waals surface area contributed by atoms with Crippen LogP contribution >= 0.6 is 0 Å². The predicted molar refractivity (Wildman–Crippen MR) is 71.8 cm³/mol. The Kier molecular flexibility index (Phi) is 4.02. The van der Waals surface area contributed by atoms with E-state index in [2.05, 4.69) is 11.8 Å². The van der Waals surface area contributed by atoms with E-state index in [-0.39, 0.29) is 0 Å². The molecule has 0 aliphatic carbocycles. The molecule has 0 spiro atoms. The number of carbonyl (C=O) groups is 1. The van der Waals surface area contributed by atoms with Gasteiger partial charge in [-0.1, -0.05) is 19.4 Å². The first-order valence-corrected chi connectivity index (χ1v) is 6.65. The summed E-state index contributed by atoms with van der Waals surface area (Å²) in [5.41, 5.74) is 2.70. The van der Waals surface area contributed by atoms with Crippen LogP contribution in [0.15, 0.2) is 18.2 Å². The molecule has 2 rings (SSSR count). The lowest BCUT2D eigenvalue weighted by molar-refractivity contribution is 0.0696. The van der Waals surface area contributed by atoms with Gasteiger partial charge in [-0.3, -0.25) is 4.90 Å². The average Bonchev–Trinajstić information content (AvgIpc) is 2.79. The van der Waals surface area contributed by atoms with Crippen molar-refractivity contribution in [3.8, 4) is 0 Å². The molecule has 0 aromatic heterocycles. The summed E-state index contributed by atoms with van der Waals surface area (Å²) in [6.07, 6.45) is 2.55. The third kappa shape index (κ3) is 2.91. The molecule has 1 atom stereocenters. The molecule has 1 fully saturated rings. The van der Waals surface area contributed by atoms with Gasteiger partial charge < -0.3 is 5.11 Å². The topological polar surface area (TPSA) is 40.5 Å². The van der Waals surface area contributed by atoms with Gasteiger partial charge in [0.2, 0.25) is 0 Å². The number of rotatable bonds is 4. The number of likely N-dealkylation sites (tertiary alicyclic amines) is 1. The van der Waals surface area contributed by atoms with E-state index in [9.17, 15) is 4.79 Å². The Morgan fingerprint density at radius 2 is 2.28 bits per heavy atom. The van der Waals surface area contributed by atoms with Crippen LogP contribution in [0.5, 0.6) is 0 Å². The van der Waals surface area contributed by atoms with Crippen LogP contribution in [-0.4, -0.2) is 29.1 Å². The number of aryl methyl sites for hydroxylation is 1. The van der Waals surface area contributed by atoms with E-state index in [1.165, 1.54) is 31.5 Å². The van der Waals surface area contributed by atoms with Crippen LogP contribution in [0, 0.1) is 12.8 Å². The van der Waals surface area contributed by atoms with Crippen molar-refractivity contribution in [1.82, 2.24) is 4.90 Å². The lowest BCUT2D eigenvalue weighted by Gasteiger charge is -2.17. The molecular weight excluding hydrogens is 226 g/mol. The van der Waals surface area contributed by atoms with Crippen molar-refractivity contribution in [2.75, 3.05) is 13.1 Å². The van der Waals surface area contributed by atoms with Crippen molar-refractivity contribution >= 4 is 5.97 Å². The van der Waals surface area contributed by atoms with Gasteiger partial charge in [0, 0.05) is 13.1 Å². The number of hydrogen-bond donors (Lipinski definition) is 1. The van der Waals surface area contributed by atoms with E-state index in [0.29, 0.717) is 5.56 Å². The van der Waals surface area contributed by atoms with Gasteiger partial charge in [0.15, 0.2) is 0 Å². The SMILES string of the molecule is CCC1CCN(Cc2ccc(C(=O)O)cc2C)C1. The zero-order valence-corrected chi connectivity index (χ0v) is 11.1. The lowest BCUT2D eigenvalue weighted by atomic mass is 10.0.